The number of carbonyl (C=O) groups excluding carboxylic acids is 1. The summed E-state index contributed by atoms with van der Waals surface area (Å²) in [7, 11) is 1.45. The second kappa shape index (κ2) is 6.14. The number of rotatable bonds is 5. The van der Waals surface area contributed by atoms with E-state index in [0.29, 0.717) is 12.0 Å². The zero-order chi connectivity index (χ0) is 13.7. The number of carbonyl (C=O) groups is 2. The number of carboxylic acids is 1. The van der Waals surface area contributed by atoms with Crippen LogP contribution in [0.5, 0.6) is 0 Å². The standard InChI is InChI=1S/C13H16FNO3/c1-3-11(13(17)18)15(2)12(16)8-9-5-4-6-10(14)7-9/h4-7,11H,3,8H2,1-2H3,(H,17,18). The van der Waals surface area contributed by atoms with Crippen molar-refractivity contribution in [3.05, 3.63) is 35.6 Å². The molecule has 0 aliphatic carbocycles. The van der Waals surface area contributed by atoms with Crippen molar-refractivity contribution in [2.24, 2.45) is 0 Å². The monoisotopic (exact) mass is 253 g/mol. The quantitative estimate of drug-likeness (QED) is 0.868. The molecule has 1 N–H and O–H groups in total. The minimum absolute atomic E-state index is 0.00194. The highest BCUT2D eigenvalue weighted by Crippen LogP contribution is 2.09. The van der Waals surface area contributed by atoms with Crippen molar-refractivity contribution < 1.29 is 19.1 Å². The fourth-order valence-electron chi connectivity index (χ4n) is 1.73. The Morgan fingerprint density at radius 3 is 2.61 bits per heavy atom. The van der Waals surface area contributed by atoms with Crippen LogP contribution < -0.4 is 0 Å². The zero-order valence-corrected chi connectivity index (χ0v) is 10.4. The third-order valence-corrected chi connectivity index (χ3v) is 2.78. The minimum Gasteiger partial charge on any atom is -0.480 e. The van der Waals surface area contributed by atoms with Gasteiger partial charge in [-0.2, -0.15) is 0 Å². The Labute approximate surface area is 105 Å². The van der Waals surface area contributed by atoms with Gasteiger partial charge in [-0.15, -0.1) is 0 Å². The van der Waals surface area contributed by atoms with Gasteiger partial charge in [0, 0.05) is 7.05 Å². The van der Waals surface area contributed by atoms with Gasteiger partial charge in [0.25, 0.3) is 0 Å². The van der Waals surface area contributed by atoms with Crippen molar-refractivity contribution in [1.82, 2.24) is 4.90 Å². The summed E-state index contributed by atoms with van der Waals surface area (Å²) in [6, 6.07) is 4.88. The molecule has 4 nitrogen and oxygen atoms in total. The molecule has 1 aromatic rings. The van der Waals surface area contributed by atoms with Crippen molar-refractivity contribution in [3.8, 4) is 0 Å². The first-order chi connectivity index (χ1) is 8.45. The van der Waals surface area contributed by atoms with E-state index in [4.69, 9.17) is 5.11 Å². The van der Waals surface area contributed by atoms with E-state index in [1.165, 1.54) is 30.1 Å². The van der Waals surface area contributed by atoms with Gasteiger partial charge in [-0.25, -0.2) is 9.18 Å². The first-order valence-electron chi connectivity index (χ1n) is 5.68. The number of nitrogens with zero attached hydrogens (tertiary/aromatic N) is 1. The smallest absolute Gasteiger partial charge is 0.326 e. The molecule has 1 atom stereocenters. The van der Waals surface area contributed by atoms with Gasteiger partial charge in [0.1, 0.15) is 11.9 Å². The highest BCUT2D eigenvalue weighted by Gasteiger charge is 2.24. The zero-order valence-electron chi connectivity index (χ0n) is 10.4. The third kappa shape index (κ3) is 3.55. The Hall–Kier alpha value is -1.91. The number of carboxylic acid groups (broad SMARTS) is 1. The van der Waals surface area contributed by atoms with Gasteiger partial charge in [0.15, 0.2) is 0 Å². The molecule has 98 valence electrons. The lowest BCUT2D eigenvalue weighted by molar-refractivity contribution is -0.148. The van der Waals surface area contributed by atoms with E-state index in [0.717, 1.165) is 0 Å². The molecule has 1 aromatic carbocycles. The number of benzene rings is 1. The maximum atomic E-state index is 13.0. The number of hydrogen-bond acceptors (Lipinski definition) is 2. The van der Waals surface area contributed by atoms with E-state index in [-0.39, 0.29) is 12.3 Å². The van der Waals surface area contributed by atoms with E-state index in [1.807, 2.05) is 0 Å². The van der Waals surface area contributed by atoms with Crippen LogP contribution in [0.1, 0.15) is 18.9 Å². The van der Waals surface area contributed by atoms with Gasteiger partial charge in [0.2, 0.25) is 5.91 Å². The third-order valence-electron chi connectivity index (χ3n) is 2.78. The summed E-state index contributed by atoms with van der Waals surface area (Å²) < 4.78 is 13.0. The highest BCUT2D eigenvalue weighted by atomic mass is 19.1. The second-order valence-electron chi connectivity index (χ2n) is 4.07. The van der Waals surface area contributed by atoms with Gasteiger partial charge in [-0.1, -0.05) is 19.1 Å². The maximum absolute atomic E-state index is 13.0. The SMILES string of the molecule is CCC(C(=O)O)N(C)C(=O)Cc1cccc(F)c1. The Bertz CT molecular complexity index is 448. The van der Waals surface area contributed by atoms with Crippen molar-refractivity contribution in [2.75, 3.05) is 7.05 Å². The normalized spacial score (nSPS) is 11.9. The van der Waals surface area contributed by atoms with E-state index in [9.17, 15) is 14.0 Å². The van der Waals surface area contributed by atoms with Crippen LogP contribution in [0.3, 0.4) is 0 Å². The van der Waals surface area contributed by atoms with Gasteiger partial charge < -0.3 is 10.0 Å². The molecule has 0 saturated carbocycles. The molecular formula is C13H16FNO3. The number of amides is 1. The molecule has 1 rings (SSSR count). The predicted molar refractivity (Wildman–Crippen MR) is 64.6 cm³/mol. The summed E-state index contributed by atoms with van der Waals surface area (Å²) in [5.74, 6) is -1.78. The molecular weight excluding hydrogens is 237 g/mol. The van der Waals surface area contributed by atoms with Crippen molar-refractivity contribution in [1.29, 1.82) is 0 Å². The van der Waals surface area contributed by atoms with Crippen molar-refractivity contribution in [2.45, 2.75) is 25.8 Å². The molecule has 0 fully saturated rings. The fourth-order valence-corrected chi connectivity index (χ4v) is 1.73. The van der Waals surface area contributed by atoms with Crippen LogP contribution >= 0.6 is 0 Å². The molecule has 0 heterocycles. The average Bonchev–Trinajstić information content (AvgIpc) is 2.29. The molecule has 0 spiro atoms. The van der Waals surface area contributed by atoms with Crippen LogP contribution in [0, 0.1) is 5.82 Å². The Morgan fingerprint density at radius 2 is 2.11 bits per heavy atom. The first kappa shape index (κ1) is 14.2. The van der Waals surface area contributed by atoms with Crippen LogP contribution in [0.25, 0.3) is 0 Å². The molecule has 18 heavy (non-hydrogen) atoms. The Balaban J connectivity index is 2.73. The Kier molecular flexibility index (Phi) is 4.83. The lowest BCUT2D eigenvalue weighted by Crippen LogP contribution is -2.42. The fraction of sp³-hybridized carbons (Fsp3) is 0.385. The molecule has 1 unspecified atom stereocenters. The van der Waals surface area contributed by atoms with E-state index >= 15 is 0 Å². The number of aliphatic carboxylic acids is 1. The summed E-state index contributed by atoms with van der Waals surface area (Å²) in [5, 5.41) is 8.95. The molecule has 1 amide bonds. The first-order valence-corrected chi connectivity index (χ1v) is 5.68. The largest absolute Gasteiger partial charge is 0.480 e. The summed E-state index contributed by atoms with van der Waals surface area (Å²) in [5.41, 5.74) is 0.534. The van der Waals surface area contributed by atoms with Crippen LogP contribution in [0.15, 0.2) is 24.3 Å². The average molecular weight is 253 g/mol. The lowest BCUT2D eigenvalue weighted by atomic mass is 10.1. The summed E-state index contributed by atoms with van der Waals surface area (Å²) in [4.78, 5) is 24.0. The van der Waals surface area contributed by atoms with E-state index in [1.54, 1.807) is 13.0 Å². The number of likely N-dealkylation sites (N-methyl/N-ethyl adjacent to an activating group) is 1. The summed E-state index contributed by atoms with van der Waals surface area (Å²) >= 11 is 0. The van der Waals surface area contributed by atoms with Gasteiger partial charge >= 0.3 is 5.97 Å². The molecule has 0 radical (unpaired) electrons. The number of hydrogen-bond donors (Lipinski definition) is 1. The van der Waals surface area contributed by atoms with Crippen molar-refractivity contribution in [3.63, 3.8) is 0 Å². The molecule has 0 aliphatic heterocycles. The molecule has 0 bridgehead atoms. The van der Waals surface area contributed by atoms with E-state index < -0.39 is 17.8 Å². The maximum Gasteiger partial charge on any atom is 0.326 e. The summed E-state index contributed by atoms with van der Waals surface area (Å²) in [6.07, 6.45) is 0.332. The van der Waals surface area contributed by atoms with Crippen LogP contribution in [0.2, 0.25) is 0 Å². The topological polar surface area (TPSA) is 57.6 Å². The van der Waals surface area contributed by atoms with Crippen molar-refractivity contribution >= 4 is 11.9 Å². The lowest BCUT2D eigenvalue weighted by Gasteiger charge is -2.23. The highest BCUT2D eigenvalue weighted by molar-refractivity contribution is 5.84. The minimum atomic E-state index is -1.03. The van der Waals surface area contributed by atoms with Crippen LogP contribution in [-0.2, 0) is 16.0 Å². The van der Waals surface area contributed by atoms with Gasteiger partial charge in [-0.05, 0) is 24.1 Å². The molecule has 0 aliphatic rings. The molecule has 0 saturated heterocycles. The predicted octanol–water partition coefficient (Wildman–Crippen LogP) is 1.69. The van der Waals surface area contributed by atoms with Gasteiger partial charge in [-0.3, -0.25) is 4.79 Å². The molecule has 0 aromatic heterocycles. The van der Waals surface area contributed by atoms with Crippen LogP contribution in [-0.4, -0.2) is 35.0 Å². The Morgan fingerprint density at radius 1 is 1.44 bits per heavy atom. The van der Waals surface area contributed by atoms with Crippen LogP contribution in [0.4, 0.5) is 4.39 Å². The second-order valence-corrected chi connectivity index (χ2v) is 4.07. The number of halogens is 1. The summed E-state index contributed by atoms with van der Waals surface area (Å²) in [6.45, 7) is 1.70. The van der Waals surface area contributed by atoms with E-state index in [2.05, 4.69) is 0 Å². The van der Waals surface area contributed by atoms with Gasteiger partial charge in [0.05, 0.1) is 6.42 Å². The molecule has 5 heteroatoms.